The molecule has 2 aromatic rings. The van der Waals surface area contributed by atoms with Crippen LogP contribution in [0, 0.1) is 0 Å². The van der Waals surface area contributed by atoms with Gasteiger partial charge in [-0.2, -0.15) is 10.2 Å². The smallest absolute Gasteiger partial charge is 0.264 e. The summed E-state index contributed by atoms with van der Waals surface area (Å²) in [6.07, 6.45) is 6.66. The summed E-state index contributed by atoms with van der Waals surface area (Å²) in [5.74, 6) is 0.844. The molecule has 9 heteroatoms. The summed E-state index contributed by atoms with van der Waals surface area (Å²) in [7, 11) is 0. The van der Waals surface area contributed by atoms with Gasteiger partial charge >= 0.3 is 0 Å². The molecule has 2 aliphatic heterocycles. The molecule has 1 saturated heterocycles. The molecule has 2 aromatic heterocycles. The lowest BCUT2D eigenvalue weighted by Gasteiger charge is -2.43. The molecule has 5 rings (SSSR count). The van der Waals surface area contributed by atoms with Crippen LogP contribution in [0.3, 0.4) is 0 Å². The molecule has 0 radical (unpaired) electrons. The minimum atomic E-state index is -0.229. The topological polar surface area (TPSA) is 90.4 Å². The summed E-state index contributed by atoms with van der Waals surface area (Å²) in [5, 5.41) is 11.0. The average Bonchev–Trinajstić information content (AvgIpc) is 3.11. The van der Waals surface area contributed by atoms with Crippen LogP contribution in [0.2, 0.25) is 0 Å². The molecule has 1 aliphatic carbocycles. The molecular formula is C20H27N7O2. The zero-order valence-electron chi connectivity index (χ0n) is 16.6. The van der Waals surface area contributed by atoms with Gasteiger partial charge < -0.3 is 4.90 Å². The highest BCUT2D eigenvalue weighted by molar-refractivity contribution is 5.78. The molecule has 0 atom stereocenters. The number of aromatic nitrogens is 4. The largest absolute Gasteiger partial charge is 0.339 e. The summed E-state index contributed by atoms with van der Waals surface area (Å²) in [6.45, 7) is 5.72. The number of rotatable bonds is 4. The molecule has 29 heavy (non-hydrogen) atoms. The van der Waals surface area contributed by atoms with Gasteiger partial charge in [0.05, 0.1) is 18.4 Å². The number of nitrogens with one attached hydrogen (secondary N) is 1. The van der Waals surface area contributed by atoms with E-state index in [0.29, 0.717) is 18.9 Å². The number of carbonyl (C=O) groups excluding carboxylic acids is 1. The van der Waals surface area contributed by atoms with E-state index in [2.05, 4.69) is 25.1 Å². The first-order valence-electron chi connectivity index (χ1n) is 10.5. The fourth-order valence-corrected chi connectivity index (χ4v) is 4.56. The van der Waals surface area contributed by atoms with Crippen molar-refractivity contribution in [3.8, 4) is 5.82 Å². The van der Waals surface area contributed by atoms with Crippen LogP contribution in [0.4, 0.5) is 0 Å². The standard InChI is InChI=1S/C20H27N7O2/c28-19-5-4-18(22-23-19)27-17-6-7-24(13-15(17)12-21-27)14-20(29)26-10-8-25(9-11-26)16-2-1-3-16/h4-5,12,16H,1-3,6-11,13-14H2,(H,23,28). The van der Waals surface area contributed by atoms with Crippen molar-refractivity contribution in [2.75, 3.05) is 39.3 Å². The predicted octanol–water partition coefficient (Wildman–Crippen LogP) is 0.0104. The Labute approximate surface area is 169 Å². The molecule has 1 N–H and O–H groups in total. The molecule has 2 fully saturated rings. The highest BCUT2D eigenvalue weighted by atomic mass is 16.2. The van der Waals surface area contributed by atoms with Crippen molar-refractivity contribution >= 4 is 5.91 Å². The molecule has 0 spiro atoms. The van der Waals surface area contributed by atoms with Gasteiger partial charge in [0, 0.05) is 63.4 Å². The Morgan fingerprint density at radius 3 is 2.66 bits per heavy atom. The number of hydrogen-bond donors (Lipinski definition) is 1. The third-order valence-corrected chi connectivity index (χ3v) is 6.51. The van der Waals surface area contributed by atoms with Crippen molar-refractivity contribution in [1.29, 1.82) is 0 Å². The first-order valence-corrected chi connectivity index (χ1v) is 10.5. The van der Waals surface area contributed by atoms with Crippen LogP contribution >= 0.6 is 0 Å². The second-order valence-electron chi connectivity index (χ2n) is 8.27. The lowest BCUT2D eigenvalue weighted by molar-refractivity contribution is -0.135. The van der Waals surface area contributed by atoms with Crippen LogP contribution in [0.5, 0.6) is 0 Å². The van der Waals surface area contributed by atoms with E-state index in [-0.39, 0.29) is 11.5 Å². The maximum atomic E-state index is 12.8. The monoisotopic (exact) mass is 397 g/mol. The number of amides is 1. The number of H-pyrrole nitrogens is 1. The number of hydrogen-bond acceptors (Lipinski definition) is 6. The Hall–Kier alpha value is -2.52. The molecule has 1 amide bonds. The Kier molecular flexibility index (Phi) is 4.92. The van der Waals surface area contributed by atoms with Crippen molar-refractivity contribution in [3.05, 3.63) is 39.9 Å². The molecular weight excluding hydrogens is 370 g/mol. The Morgan fingerprint density at radius 2 is 1.97 bits per heavy atom. The van der Waals surface area contributed by atoms with E-state index in [4.69, 9.17) is 0 Å². The van der Waals surface area contributed by atoms with Gasteiger partial charge in [-0.15, -0.1) is 0 Å². The van der Waals surface area contributed by atoms with E-state index in [1.54, 1.807) is 10.7 Å². The zero-order valence-corrected chi connectivity index (χ0v) is 16.6. The van der Waals surface area contributed by atoms with E-state index >= 15 is 0 Å². The third-order valence-electron chi connectivity index (χ3n) is 6.51. The van der Waals surface area contributed by atoms with Gasteiger partial charge in [-0.1, -0.05) is 6.42 Å². The fourth-order valence-electron chi connectivity index (χ4n) is 4.56. The molecule has 1 saturated carbocycles. The normalized spacial score (nSPS) is 21.0. The molecule has 3 aliphatic rings. The summed E-state index contributed by atoms with van der Waals surface area (Å²) in [4.78, 5) is 30.8. The number of carbonyl (C=O) groups is 1. The van der Waals surface area contributed by atoms with Crippen molar-refractivity contribution < 1.29 is 4.79 Å². The quantitative estimate of drug-likeness (QED) is 0.782. The summed E-state index contributed by atoms with van der Waals surface area (Å²) in [6, 6.07) is 3.89. The van der Waals surface area contributed by atoms with Crippen LogP contribution in [0.25, 0.3) is 5.82 Å². The van der Waals surface area contributed by atoms with Crippen LogP contribution in [0.15, 0.2) is 23.1 Å². The number of nitrogens with zero attached hydrogens (tertiary/aromatic N) is 6. The average molecular weight is 397 g/mol. The van der Waals surface area contributed by atoms with Gasteiger partial charge in [0.25, 0.3) is 5.56 Å². The summed E-state index contributed by atoms with van der Waals surface area (Å²) in [5.41, 5.74) is 1.99. The van der Waals surface area contributed by atoms with Gasteiger partial charge in [-0.25, -0.2) is 9.78 Å². The van der Waals surface area contributed by atoms with Gasteiger partial charge in [-0.05, 0) is 18.9 Å². The summed E-state index contributed by atoms with van der Waals surface area (Å²) >= 11 is 0. The molecule has 154 valence electrons. The van der Waals surface area contributed by atoms with Gasteiger partial charge in [0.1, 0.15) is 0 Å². The predicted molar refractivity (Wildman–Crippen MR) is 107 cm³/mol. The second kappa shape index (κ2) is 7.72. The van der Waals surface area contributed by atoms with Crippen LogP contribution in [0.1, 0.15) is 30.5 Å². The molecule has 0 unspecified atom stereocenters. The minimum Gasteiger partial charge on any atom is -0.339 e. The first kappa shape index (κ1) is 18.5. The highest BCUT2D eigenvalue weighted by Gasteiger charge is 2.30. The van der Waals surface area contributed by atoms with E-state index < -0.39 is 0 Å². The lowest BCUT2D eigenvalue weighted by Crippen LogP contribution is -2.55. The maximum absolute atomic E-state index is 12.8. The second-order valence-corrected chi connectivity index (χ2v) is 8.27. The molecule has 0 bridgehead atoms. The van der Waals surface area contributed by atoms with E-state index in [1.807, 2.05) is 11.1 Å². The van der Waals surface area contributed by atoms with Crippen molar-refractivity contribution in [2.45, 2.75) is 38.3 Å². The Balaban J connectivity index is 1.18. The maximum Gasteiger partial charge on any atom is 0.264 e. The minimum absolute atomic E-state index is 0.229. The zero-order chi connectivity index (χ0) is 19.8. The fraction of sp³-hybridized carbons (Fsp3) is 0.600. The molecule has 0 aromatic carbocycles. The molecule has 9 nitrogen and oxygen atoms in total. The van der Waals surface area contributed by atoms with Crippen LogP contribution in [-0.4, -0.2) is 85.9 Å². The van der Waals surface area contributed by atoms with E-state index in [9.17, 15) is 9.59 Å². The van der Waals surface area contributed by atoms with E-state index in [1.165, 1.54) is 25.3 Å². The lowest BCUT2D eigenvalue weighted by atomic mass is 9.91. The number of fused-ring (bicyclic) bond motifs is 1. The van der Waals surface area contributed by atoms with Crippen molar-refractivity contribution in [3.63, 3.8) is 0 Å². The molecule has 4 heterocycles. The van der Waals surface area contributed by atoms with Crippen LogP contribution < -0.4 is 5.56 Å². The Morgan fingerprint density at radius 1 is 1.14 bits per heavy atom. The third kappa shape index (κ3) is 3.72. The number of aromatic amines is 1. The summed E-state index contributed by atoms with van der Waals surface area (Å²) < 4.78 is 1.78. The highest BCUT2D eigenvalue weighted by Crippen LogP contribution is 2.26. The van der Waals surface area contributed by atoms with Crippen molar-refractivity contribution in [2.24, 2.45) is 0 Å². The Bertz CT molecular complexity index is 920. The first-order chi connectivity index (χ1) is 14.2. The van der Waals surface area contributed by atoms with Gasteiger partial charge in [-0.3, -0.25) is 19.4 Å². The van der Waals surface area contributed by atoms with Gasteiger partial charge in [0.15, 0.2) is 5.82 Å². The van der Waals surface area contributed by atoms with E-state index in [0.717, 1.165) is 56.4 Å². The van der Waals surface area contributed by atoms with Gasteiger partial charge in [0.2, 0.25) is 5.91 Å². The number of piperazine rings is 1. The van der Waals surface area contributed by atoms with Crippen molar-refractivity contribution in [1.82, 2.24) is 34.7 Å². The van der Waals surface area contributed by atoms with Crippen LogP contribution in [-0.2, 0) is 17.8 Å². The SMILES string of the molecule is O=C(CN1CCc2c(cnn2-c2ccc(=O)[nH]n2)C1)N1CCN(C2CCC2)CC1.